The number of phenolic OH excluding ortho intramolecular Hbond substituents is 1. The van der Waals surface area contributed by atoms with Gasteiger partial charge in [0.2, 0.25) is 0 Å². The molecule has 1 heterocycles. The van der Waals surface area contributed by atoms with E-state index in [1.165, 1.54) is 6.92 Å². The monoisotopic (exact) mass is 511 g/mol. The van der Waals surface area contributed by atoms with E-state index in [1.807, 2.05) is 39.8 Å². The highest BCUT2D eigenvalue weighted by Crippen LogP contribution is 2.45. The average Bonchev–Trinajstić information content (AvgIpc) is 2.74. The molecule has 1 unspecified atom stereocenters. The Morgan fingerprint density at radius 2 is 1.56 bits per heavy atom. The van der Waals surface area contributed by atoms with Crippen LogP contribution in [0.5, 0.6) is 17.2 Å². The molecular formula is C30H41NO4S. The fraction of sp³-hybridized carbons (Fsp3) is 0.533. The maximum absolute atomic E-state index is 11.7. The van der Waals surface area contributed by atoms with Crippen LogP contribution in [0.3, 0.4) is 0 Å². The number of esters is 1. The molecule has 196 valence electrons. The zero-order valence-electron chi connectivity index (χ0n) is 23.6. The summed E-state index contributed by atoms with van der Waals surface area (Å²) in [5.41, 5.74) is 5.26. The van der Waals surface area contributed by atoms with E-state index in [4.69, 9.17) is 21.7 Å². The number of aromatic hydroxyl groups is 1. The van der Waals surface area contributed by atoms with Gasteiger partial charge in [0, 0.05) is 29.3 Å². The van der Waals surface area contributed by atoms with Gasteiger partial charge in [0.25, 0.3) is 0 Å². The molecule has 6 heteroatoms. The molecule has 1 atom stereocenters. The number of nitrogens with one attached hydrogen (secondary N) is 1. The van der Waals surface area contributed by atoms with Gasteiger partial charge in [-0.25, -0.2) is 0 Å². The molecular weight excluding hydrogens is 470 g/mol. The molecule has 3 rings (SSSR count). The summed E-state index contributed by atoms with van der Waals surface area (Å²) in [6, 6.07) is 3.98. The number of hydrogen-bond acceptors (Lipinski definition) is 5. The Labute approximate surface area is 221 Å². The summed E-state index contributed by atoms with van der Waals surface area (Å²) in [5, 5.41) is 14.5. The highest BCUT2D eigenvalue weighted by atomic mass is 32.1. The minimum atomic E-state index is -0.712. The van der Waals surface area contributed by atoms with Crippen LogP contribution >= 0.6 is 12.2 Å². The van der Waals surface area contributed by atoms with E-state index in [-0.39, 0.29) is 16.8 Å². The Hall–Kier alpha value is -2.60. The van der Waals surface area contributed by atoms with Gasteiger partial charge in [0.15, 0.2) is 5.60 Å². The van der Waals surface area contributed by atoms with E-state index >= 15 is 0 Å². The van der Waals surface area contributed by atoms with E-state index in [0.29, 0.717) is 22.9 Å². The van der Waals surface area contributed by atoms with Gasteiger partial charge in [0.05, 0.1) is 0 Å². The molecule has 0 fully saturated rings. The minimum absolute atomic E-state index is 0.237. The van der Waals surface area contributed by atoms with Crippen LogP contribution in [0.4, 0.5) is 5.69 Å². The van der Waals surface area contributed by atoms with Gasteiger partial charge in [-0.15, -0.1) is 0 Å². The Kier molecular flexibility index (Phi) is 7.28. The summed E-state index contributed by atoms with van der Waals surface area (Å²) in [7, 11) is 0. The standard InChI is InChI=1S/C30H41NO4S/c1-16-17(2)26-21(18(3)25(16)34-19(4)32)12-13-30(11,35-26)27(36)31-20-14-22(28(5,6)7)24(33)23(15-20)29(8,9)10/h14-15,33H,12-13H2,1-11H3,(H,31,36). The molecule has 0 saturated carbocycles. The number of fused-ring (bicyclic) bond motifs is 1. The summed E-state index contributed by atoms with van der Waals surface area (Å²) < 4.78 is 12.2. The molecule has 0 bridgehead atoms. The van der Waals surface area contributed by atoms with Gasteiger partial charge >= 0.3 is 5.97 Å². The number of thiocarbonyl (C=S) groups is 1. The molecule has 0 spiro atoms. The van der Waals surface area contributed by atoms with E-state index < -0.39 is 5.60 Å². The van der Waals surface area contributed by atoms with Gasteiger partial charge in [-0.05, 0) is 80.2 Å². The van der Waals surface area contributed by atoms with Crippen molar-refractivity contribution < 1.29 is 19.4 Å². The third-order valence-corrected chi connectivity index (χ3v) is 7.73. The van der Waals surface area contributed by atoms with Crippen LogP contribution in [0.25, 0.3) is 0 Å². The van der Waals surface area contributed by atoms with Crippen LogP contribution in [-0.4, -0.2) is 21.7 Å². The molecule has 5 nitrogen and oxygen atoms in total. The highest BCUT2D eigenvalue weighted by Gasteiger charge is 2.39. The van der Waals surface area contributed by atoms with Crippen molar-refractivity contribution in [2.24, 2.45) is 0 Å². The zero-order chi connectivity index (χ0) is 27.4. The Morgan fingerprint density at radius 1 is 1.03 bits per heavy atom. The molecule has 0 saturated heterocycles. The third kappa shape index (κ3) is 5.24. The topological polar surface area (TPSA) is 67.8 Å². The highest BCUT2D eigenvalue weighted by molar-refractivity contribution is 7.80. The number of carbonyl (C=O) groups excluding carboxylic acids is 1. The first-order valence-corrected chi connectivity index (χ1v) is 13.0. The van der Waals surface area contributed by atoms with Crippen molar-refractivity contribution in [3.8, 4) is 17.2 Å². The minimum Gasteiger partial charge on any atom is -0.507 e. The molecule has 0 radical (unpaired) electrons. The van der Waals surface area contributed by atoms with E-state index in [0.717, 1.165) is 51.2 Å². The smallest absolute Gasteiger partial charge is 0.308 e. The summed E-state index contributed by atoms with van der Waals surface area (Å²) in [6.07, 6.45) is 1.44. The number of ether oxygens (including phenoxy) is 2. The molecule has 2 aromatic carbocycles. The fourth-order valence-corrected chi connectivity index (χ4v) is 5.07. The Bertz CT molecular complexity index is 1200. The van der Waals surface area contributed by atoms with Gasteiger partial charge in [0.1, 0.15) is 22.2 Å². The van der Waals surface area contributed by atoms with E-state index in [9.17, 15) is 9.90 Å². The molecule has 0 aromatic heterocycles. The Morgan fingerprint density at radius 3 is 2.03 bits per heavy atom. The second-order valence-corrected chi connectivity index (χ2v) is 12.7. The summed E-state index contributed by atoms with van der Waals surface area (Å²) in [5.74, 6) is 1.45. The third-order valence-electron chi connectivity index (χ3n) is 7.20. The zero-order valence-corrected chi connectivity index (χ0v) is 24.5. The van der Waals surface area contributed by atoms with Gasteiger partial charge < -0.3 is 19.9 Å². The Balaban J connectivity index is 2.00. The quantitative estimate of drug-likeness (QED) is 0.194. The van der Waals surface area contributed by atoms with Crippen LogP contribution < -0.4 is 14.8 Å². The number of benzene rings is 2. The van der Waals surface area contributed by atoms with E-state index in [1.54, 1.807) is 0 Å². The van der Waals surface area contributed by atoms with Gasteiger partial charge in [-0.3, -0.25) is 4.79 Å². The molecule has 1 aliphatic rings. The first kappa shape index (κ1) is 28.0. The first-order chi connectivity index (χ1) is 16.4. The lowest BCUT2D eigenvalue weighted by molar-refractivity contribution is -0.132. The lowest BCUT2D eigenvalue weighted by Gasteiger charge is -2.39. The molecule has 2 N–H and O–H groups in total. The second-order valence-electron chi connectivity index (χ2n) is 12.3. The number of anilines is 1. The first-order valence-electron chi connectivity index (χ1n) is 12.6. The number of carbonyl (C=O) groups is 1. The summed E-state index contributed by atoms with van der Waals surface area (Å²) in [6.45, 7) is 21.9. The number of hydrogen-bond donors (Lipinski definition) is 2. The predicted octanol–water partition coefficient (Wildman–Crippen LogP) is 7.36. The largest absolute Gasteiger partial charge is 0.507 e. The van der Waals surface area contributed by atoms with Crippen LogP contribution in [0.1, 0.15) is 95.2 Å². The van der Waals surface area contributed by atoms with Crippen LogP contribution in [0.15, 0.2) is 12.1 Å². The fourth-order valence-electron chi connectivity index (χ4n) is 4.80. The van der Waals surface area contributed by atoms with Crippen LogP contribution in [0.2, 0.25) is 0 Å². The maximum Gasteiger partial charge on any atom is 0.308 e. The van der Waals surface area contributed by atoms with Gasteiger partial charge in [-0.1, -0.05) is 53.8 Å². The van der Waals surface area contributed by atoms with Crippen molar-refractivity contribution >= 4 is 28.9 Å². The maximum atomic E-state index is 11.7. The predicted molar refractivity (Wildman–Crippen MR) is 151 cm³/mol. The normalized spacial score (nSPS) is 17.8. The number of rotatable bonds is 3. The SMILES string of the molecule is CC(=O)Oc1c(C)c(C)c2c(c1C)CCC(C)(C(=S)Nc1cc(C(C)(C)C)c(O)c(C(C)(C)C)c1)O2. The van der Waals surface area contributed by atoms with Crippen molar-refractivity contribution in [1.29, 1.82) is 0 Å². The molecule has 0 amide bonds. The molecule has 1 aliphatic heterocycles. The van der Waals surface area contributed by atoms with Crippen molar-refractivity contribution in [1.82, 2.24) is 0 Å². The molecule has 0 aliphatic carbocycles. The van der Waals surface area contributed by atoms with Crippen molar-refractivity contribution in [3.05, 3.63) is 45.5 Å². The summed E-state index contributed by atoms with van der Waals surface area (Å²) >= 11 is 5.93. The van der Waals surface area contributed by atoms with Crippen LogP contribution in [0, 0.1) is 20.8 Å². The average molecular weight is 512 g/mol. The van der Waals surface area contributed by atoms with Crippen molar-refractivity contribution in [2.75, 3.05) is 5.32 Å². The van der Waals surface area contributed by atoms with Crippen LogP contribution in [-0.2, 0) is 22.0 Å². The van der Waals surface area contributed by atoms with Crippen molar-refractivity contribution in [3.63, 3.8) is 0 Å². The summed E-state index contributed by atoms with van der Waals surface area (Å²) in [4.78, 5) is 12.3. The second kappa shape index (κ2) is 9.37. The molecule has 36 heavy (non-hydrogen) atoms. The molecule has 2 aromatic rings. The lowest BCUT2D eigenvalue weighted by atomic mass is 9.79. The van der Waals surface area contributed by atoms with E-state index in [2.05, 4.69) is 46.9 Å². The van der Waals surface area contributed by atoms with Crippen molar-refractivity contribution in [2.45, 2.75) is 105 Å². The number of phenols is 1. The lowest BCUT2D eigenvalue weighted by Crippen LogP contribution is -2.47. The van der Waals surface area contributed by atoms with Gasteiger partial charge in [-0.2, -0.15) is 0 Å².